The molecule has 5 heteroatoms. The second kappa shape index (κ2) is 6.79. The number of fused-ring (bicyclic) bond motifs is 1. The van der Waals surface area contributed by atoms with E-state index in [0.29, 0.717) is 12.6 Å². The Labute approximate surface area is 134 Å². The average molecular weight is 355 g/mol. The van der Waals surface area contributed by atoms with Crippen LogP contribution >= 0.6 is 15.9 Å². The lowest BCUT2D eigenvalue weighted by Gasteiger charge is -2.20. The predicted molar refractivity (Wildman–Crippen MR) is 87.6 cm³/mol. The quantitative estimate of drug-likeness (QED) is 0.817. The SMILES string of the molecule is CC(C)(C)OC(=O)NCCNC1Cc2ccc(Br)cc2C1. The second-order valence-electron chi connectivity index (χ2n) is 6.40. The van der Waals surface area contributed by atoms with Crippen LogP contribution in [0.25, 0.3) is 0 Å². The number of ether oxygens (including phenoxy) is 1. The standard InChI is InChI=1S/C16H23BrN2O2/c1-16(2,3)21-15(20)19-7-6-18-14-9-11-4-5-13(17)8-12(11)10-14/h4-5,8,14,18H,6-7,9-10H2,1-3H3,(H,19,20). The summed E-state index contributed by atoms with van der Waals surface area (Å²) in [6.07, 6.45) is 1.74. The molecule has 1 aromatic carbocycles. The summed E-state index contributed by atoms with van der Waals surface area (Å²) < 4.78 is 6.32. The topological polar surface area (TPSA) is 50.4 Å². The third-order valence-corrected chi connectivity index (χ3v) is 3.82. The van der Waals surface area contributed by atoms with Crippen molar-refractivity contribution < 1.29 is 9.53 Å². The van der Waals surface area contributed by atoms with Gasteiger partial charge in [-0.15, -0.1) is 0 Å². The Morgan fingerprint density at radius 3 is 2.71 bits per heavy atom. The molecule has 1 unspecified atom stereocenters. The monoisotopic (exact) mass is 354 g/mol. The van der Waals surface area contributed by atoms with Crippen LogP contribution in [0.5, 0.6) is 0 Å². The molecular formula is C16H23BrN2O2. The Kier molecular flexibility index (Phi) is 5.27. The molecular weight excluding hydrogens is 332 g/mol. The number of rotatable bonds is 4. The number of hydrogen-bond donors (Lipinski definition) is 2. The van der Waals surface area contributed by atoms with Gasteiger partial charge in [-0.05, 0) is 56.9 Å². The van der Waals surface area contributed by atoms with Crippen LogP contribution in [0.3, 0.4) is 0 Å². The maximum Gasteiger partial charge on any atom is 0.407 e. The maximum absolute atomic E-state index is 11.5. The lowest BCUT2D eigenvalue weighted by atomic mass is 10.1. The zero-order valence-corrected chi connectivity index (χ0v) is 14.4. The molecule has 2 N–H and O–H groups in total. The van der Waals surface area contributed by atoms with Gasteiger partial charge in [-0.25, -0.2) is 4.79 Å². The molecule has 4 nitrogen and oxygen atoms in total. The molecule has 0 heterocycles. The van der Waals surface area contributed by atoms with E-state index in [1.165, 1.54) is 11.1 Å². The van der Waals surface area contributed by atoms with Gasteiger partial charge in [-0.1, -0.05) is 22.0 Å². The Balaban J connectivity index is 1.66. The minimum Gasteiger partial charge on any atom is -0.444 e. The van der Waals surface area contributed by atoms with Crippen molar-refractivity contribution >= 4 is 22.0 Å². The Morgan fingerprint density at radius 1 is 1.29 bits per heavy atom. The third kappa shape index (κ3) is 5.32. The van der Waals surface area contributed by atoms with Crippen molar-refractivity contribution in [3.05, 3.63) is 33.8 Å². The normalized spacial score (nSPS) is 17.4. The minimum absolute atomic E-state index is 0.358. The molecule has 0 radical (unpaired) electrons. The van der Waals surface area contributed by atoms with Crippen LogP contribution in [-0.2, 0) is 17.6 Å². The lowest BCUT2D eigenvalue weighted by molar-refractivity contribution is 0.0528. The van der Waals surface area contributed by atoms with Gasteiger partial charge in [0.2, 0.25) is 0 Å². The summed E-state index contributed by atoms with van der Waals surface area (Å²) in [5.41, 5.74) is 2.37. The van der Waals surface area contributed by atoms with E-state index in [2.05, 4.69) is 44.8 Å². The van der Waals surface area contributed by atoms with Crippen molar-refractivity contribution in [2.75, 3.05) is 13.1 Å². The van der Waals surface area contributed by atoms with E-state index in [-0.39, 0.29) is 6.09 Å². The van der Waals surface area contributed by atoms with E-state index in [4.69, 9.17) is 4.74 Å². The summed E-state index contributed by atoms with van der Waals surface area (Å²) in [5.74, 6) is 0. The van der Waals surface area contributed by atoms with Crippen molar-refractivity contribution in [1.82, 2.24) is 10.6 Å². The predicted octanol–water partition coefficient (Wildman–Crippen LogP) is 3.03. The van der Waals surface area contributed by atoms with Crippen molar-refractivity contribution in [3.8, 4) is 0 Å². The van der Waals surface area contributed by atoms with Crippen LogP contribution in [0.1, 0.15) is 31.9 Å². The molecule has 1 atom stereocenters. The van der Waals surface area contributed by atoms with Crippen LogP contribution in [0.15, 0.2) is 22.7 Å². The fourth-order valence-corrected chi connectivity index (χ4v) is 2.89. The first-order valence-electron chi connectivity index (χ1n) is 7.31. The van der Waals surface area contributed by atoms with Crippen LogP contribution in [0, 0.1) is 0 Å². The van der Waals surface area contributed by atoms with E-state index < -0.39 is 5.60 Å². The minimum atomic E-state index is -0.446. The van der Waals surface area contributed by atoms with Crippen LogP contribution in [0.4, 0.5) is 4.79 Å². The molecule has 0 bridgehead atoms. The molecule has 21 heavy (non-hydrogen) atoms. The van der Waals surface area contributed by atoms with E-state index in [0.717, 1.165) is 23.9 Å². The molecule has 0 spiro atoms. The molecule has 0 fully saturated rings. The van der Waals surface area contributed by atoms with Gasteiger partial charge in [0.1, 0.15) is 5.60 Å². The molecule has 1 aliphatic rings. The van der Waals surface area contributed by atoms with Gasteiger partial charge >= 0.3 is 6.09 Å². The molecule has 1 aromatic rings. The van der Waals surface area contributed by atoms with Crippen LogP contribution in [-0.4, -0.2) is 30.8 Å². The number of halogens is 1. The highest BCUT2D eigenvalue weighted by Gasteiger charge is 2.21. The summed E-state index contributed by atoms with van der Waals surface area (Å²) in [6.45, 7) is 6.90. The molecule has 0 saturated heterocycles. The highest BCUT2D eigenvalue weighted by Crippen LogP contribution is 2.25. The zero-order chi connectivity index (χ0) is 15.5. The van der Waals surface area contributed by atoms with E-state index in [1.54, 1.807) is 0 Å². The fourth-order valence-electron chi connectivity index (χ4n) is 2.49. The van der Waals surface area contributed by atoms with Crippen LogP contribution in [0.2, 0.25) is 0 Å². The largest absolute Gasteiger partial charge is 0.444 e. The number of amides is 1. The Bertz CT molecular complexity index is 511. The second-order valence-corrected chi connectivity index (χ2v) is 7.32. The number of nitrogens with one attached hydrogen (secondary N) is 2. The van der Waals surface area contributed by atoms with Crippen molar-refractivity contribution in [2.24, 2.45) is 0 Å². The van der Waals surface area contributed by atoms with Gasteiger partial charge in [0.15, 0.2) is 0 Å². The Hall–Kier alpha value is -1.07. The van der Waals surface area contributed by atoms with Crippen molar-refractivity contribution in [1.29, 1.82) is 0 Å². The summed E-state index contributed by atoms with van der Waals surface area (Å²) in [4.78, 5) is 11.5. The summed E-state index contributed by atoms with van der Waals surface area (Å²) in [6, 6.07) is 6.91. The summed E-state index contributed by atoms with van der Waals surface area (Å²) in [5, 5.41) is 6.24. The van der Waals surface area contributed by atoms with Gasteiger partial charge in [0, 0.05) is 23.6 Å². The van der Waals surface area contributed by atoms with Crippen molar-refractivity contribution in [2.45, 2.75) is 45.3 Å². The van der Waals surface area contributed by atoms with Gasteiger partial charge < -0.3 is 15.4 Å². The lowest BCUT2D eigenvalue weighted by Crippen LogP contribution is -2.39. The number of benzene rings is 1. The summed E-state index contributed by atoms with van der Waals surface area (Å²) in [7, 11) is 0. The van der Waals surface area contributed by atoms with Gasteiger partial charge in [0.25, 0.3) is 0 Å². The van der Waals surface area contributed by atoms with E-state index in [1.807, 2.05) is 20.8 Å². The highest BCUT2D eigenvalue weighted by atomic mass is 79.9. The Morgan fingerprint density at radius 2 is 2.00 bits per heavy atom. The number of carbonyl (C=O) groups is 1. The maximum atomic E-state index is 11.5. The van der Waals surface area contributed by atoms with E-state index >= 15 is 0 Å². The molecule has 0 aliphatic heterocycles. The average Bonchev–Trinajstić information content (AvgIpc) is 2.74. The first-order chi connectivity index (χ1) is 9.83. The first-order valence-corrected chi connectivity index (χ1v) is 8.10. The van der Waals surface area contributed by atoms with Gasteiger partial charge in [0.05, 0.1) is 0 Å². The zero-order valence-electron chi connectivity index (χ0n) is 12.8. The third-order valence-electron chi connectivity index (χ3n) is 3.33. The smallest absolute Gasteiger partial charge is 0.407 e. The number of carbonyl (C=O) groups excluding carboxylic acids is 1. The molecule has 116 valence electrons. The van der Waals surface area contributed by atoms with Gasteiger partial charge in [-0.3, -0.25) is 0 Å². The molecule has 2 rings (SSSR count). The molecule has 1 amide bonds. The van der Waals surface area contributed by atoms with E-state index in [9.17, 15) is 4.79 Å². The number of alkyl carbamates (subject to hydrolysis) is 1. The molecule has 0 aromatic heterocycles. The van der Waals surface area contributed by atoms with Crippen LogP contribution < -0.4 is 10.6 Å². The first kappa shape index (κ1) is 16.3. The number of hydrogen-bond acceptors (Lipinski definition) is 3. The highest BCUT2D eigenvalue weighted by molar-refractivity contribution is 9.10. The van der Waals surface area contributed by atoms with Crippen molar-refractivity contribution in [3.63, 3.8) is 0 Å². The summed E-state index contributed by atoms with van der Waals surface area (Å²) >= 11 is 3.51. The van der Waals surface area contributed by atoms with Gasteiger partial charge in [-0.2, -0.15) is 0 Å². The fraction of sp³-hybridized carbons (Fsp3) is 0.562. The molecule has 0 saturated carbocycles. The molecule has 1 aliphatic carbocycles.